The van der Waals surface area contributed by atoms with Crippen molar-refractivity contribution in [2.45, 2.75) is 18.9 Å². The monoisotopic (exact) mass is 272 g/mol. The molecule has 0 amide bonds. The van der Waals surface area contributed by atoms with Crippen molar-refractivity contribution in [1.82, 2.24) is 10.1 Å². The van der Waals surface area contributed by atoms with Crippen LogP contribution in [0.25, 0.3) is 11.3 Å². The lowest BCUT2D eigenvalue weighted by atomic mass is 9.83. The number of aromatic nitrogens is 1. The minimum atomic E-state index is -0.498. The Morgan fingerprint density at radius 3 is 2.75 bits per heavy atom. The predicted molar refractivity (Wildman–Crippen MR) is 77.3 cm³/mol. The predicted octanol–water partition coefficient (Wildman–Crippen LogP) is 2.50. The summed E-state index contributed by atoms with van der Waals surface area (Å²) in [5, 5.41) is 14.9. The van der Waals surface area contributed by atoms with Crippen LogP contribution in [0.3, 0.4) is 0 Å². The number of aryl methyl sites for hydroxylation is 1. The van der Waals surface area contributed by atoms with Gasteiger partial charge in [-0.05, 0) is 20.5 Å². The quantitative estimate of drug-likeness (QED) is 0.932. The first kappa shape index (κ1) is 13.3. The number of benzene rings is 1. The van der Waals surface area contributed by atoms with E-state index in [-0.39, 0.29) is 5.92 Å². The molecule has 2 unspecified atom stereocenters. The summed E-state index contributed by atoms with van der Waals surface area (Å²) in [6, 6.07) is 9.92. The molecule has 1 heterocycles. The molecule has 2 aromatic rings. The van der Waals surface area contributed by atoms with E-state index < -0.39 is 6.10 Å². The van der Waals surface area contributed by atoms with Gasteiger partial charge >= 0.3 is 0 Å². The van der Waals surface area contributed by atoms with Crippen LogP contribution in [0.15, 0.2) is 34.9 Å². The number of nitrogens with zero attached hydrogens (tertiary/aromatic N) is 2. The van der Waals surface area contributed by atoms with E-state index in [4.69, 9.17) is 4.52 Å². The molecular weight excluding hydrogens is 252 g/mol. The Kier molecular flexibility index (Phi) is 3.59. The van der Waals surface area contributed by atoms with Crippen molar-refractivity contribution in [3.05, 3.63) is 41.7 Å². The molecule has 106 valence electrons. The first-order valence-corrected chi connectivity index (χ1v) is 7.03. The van der Waals surface area contributed by atoms with Gasteiger partial charge in [0.25, 0.3) is 0 Å². The molecule has 1 N–H and O–H groups in total. The number of aliphatic hydroxyl groups is 1. The average molecular weight is 272 g/mol. The Balaban J connectivity index is 1.97. The Labute approximate surface area is 119 Å². The van der Waals surface area contributed by atoms with Gasteiger partial charge in [-0.2, -0.15) is 0 Å². The van der Waals surface area contributed by atoms with Crippen LogP contribution in [-0.2, 0) is 6.42 Å². The highest BCUT2D eigenvalue weighted by atomic mass is 16.5. The Hall–Kier alpha value is -1.65. The third kappa shape index (κ3) is 2.37. The van der Waals surface area contributed by atoms with Gasteiger partial charge in [0.1, 0.15) is 11.5 Å². The Morgan fingerprint density at radius 1 is 1.30 bits per heavy atom. The van der Waals surface area contributed by atoms with Gasteiger partial charge in [0, 0.05) is 24.4 Å². The second-order valence-corrected chi connectivity index (χ2v) is 5.74. The minimum absolute atomic E-state index is 0.236. The first-order valence-electron chi connectivity index (χ1n) is 7.03. The van der Waals surface area contributed by atoms with E-state index in [1.54, 1.807) is 0 Å². The van der Waals surface area contributed by atoms with Crippen molar-refractivity contribution < 1.29 is 9.63 Å². The van der Waals surface area contributed by atoms with Crippen LogP contribution in [0.1, 0.15) is 23.8 Å². The molecule has 0 fully saturated rings. The minimum Gasteiger partial charge on any atom is -0.388 e. The maximum absolute atomic E-state index is 10.7. The summed E-state index contributed by atoms with van der Waals surface area (Å²) in [4.78, 5) is 2.12. The average Bonchev–Trinajstić information content (AvgIpc) is 2.87. The smallest absolute Gasteiger partial charge is 0.143 e. The van der Waals surface area contributed by atoms with Crippen LogP contribution < -0.4 is 0 Å². The third-order valence-electron chi connectivity index (χ3n) is 3.93. The van der Waals surface area contributed by atoms with Crippen LogP contribution >= 0.6 is 0 Å². The lowest BCUT2D eigenvalue weighted by molar-refractivity contribution is 0.0734. The topological polar surface area (TPSA) is 49.5 Å². The molecule has 0 aliphatic heterocycles. The Bertz CT molecular complexity index is 577. The van der Waals surface area contributed by atoms with E-state index in [1.807, 2.05) is 44.4 Å². The Morgan fingerprint density at radius 2 is 2.05 bits per heavy atom. The third-order valence-corrected chi connectivity index (χ3v) is 3.93. The molecule has 0 saturated heterocycles. The SMILES string of the molecule is CN(C)CC1CCc2onc(-c3ccccc3)c2C1O. The van der Waals surface area contributed by atoms with Gasteiger partial charge in [-0.25, -0.2) is 0 Å². The zero-order chi connectivity index (χ0) is 14.1. The number of hydrogen-bond acceptors (Lipinski definition) is 4. The molecule has 0 radical (unpaired) electrons. The van der Waals surface area contributed by atoms with Crippen molar-refractivity contribution in [2.24, 2.45) is 5.92 Å². The molecule has 4 nitrogen and oxygen atoms in total. The highest BCUT2D eigenvalue weighted by Gasteiger charge is 2.34. The van der Waals surface area contributed by atoms with Crippen molar-refractivity contribution in [2.75, 3.05) is 20.6 Å². The highest BCUT2D eigenvalue weighted by Crippen LogP contribution is 2.40. The summed E-state index contributed by atoms with van der Waals surface area (Å²) >= 11 is 0. The normalized spacial score (nSPS) is 22.0. The second kappa shape index (κ2) is 5.38. The molecule has 2 atom stereocenters. The summed E-state index contributed by atoms with van der Waals surface area (Å²) < 4.78 is 5.44. The largest absolute Gasteiger partial charge is 0.388 e. The molecular formula is C16H20N2O2. The molecule has 1 aliphatic carbocycles. The van der Waals surface area contributed by atoms with E-state index in [2.05, 4.69) is 10.1 Å². The van der Waals surface area contributed by atoms with Gasteiger partial charge in [0.05, 0.1) is 11.7 Å². The fourth-order valence-electron chi connectivity index (χ4n) is 2.99. The van der Waals surface area contributed by atoms with E-state index in [1.165, 1.54) is 0 Å². The molecule has 1 aliphatic rings. The second-order valence-electron chi connectivity index (χ2n) is 5.74. The molecule has 20 heavy (non-hydrogen) atoms. The summed E-state index contributed by atoms with van der Waals surface area (Å²) in [7, 11) is 4.07. The summed E-state index contributed by atoms with van der Waals surface area (Å²) in [5.74, 6) is 1.07. The maximum atomic E-state index is 10.7. The number of rotatable bonds is 3. The van der Waals surface area contributed by atoms with Gasteiger partial charge in [-0.15, -0.1) is 0 Å². The van der Waals surface area contributed by atoms with Gasteiger partial charge in [0.15, 0.2) is 0 Å². The van der Waals surface area contributed by atoms with Crippen molar-refractivity contribution in [3.63, 3.8) is 0 Å². The van der Waals surface area contributed by atoms with Crippen LogP contribution in [0.4, 0.5) is 0 Å². The zero-order valence-corrected chi connectivity index (χ0v) is 11.9. The van der Waals surface area contributed by atoms with Crippen molar-refractivity contribution >= 4 is 0 Å². The van der Waals surface area contributed by atoms with Crippen LogP contribution in [-0.4, -0.2) is 35.8 Å². The standard InChI is InChI=1S/C16H20N2O2/c1-18(2)10-12-8-9-13-14(16(12)19)15(17-20-13)11-6-4-3-5-7-11/h3-7,12,16,19H,8-10H2,1-2H3. The van der Waals surface area contributed by atoms with Gasteiger partial charge < -0.3 is 14.5 Å². The molecule has 3 rings (SSSR count). The van der Waals surface area contributed by atoms with Crippen molar-refractivity contribution in [3.8, 4) is 11.3 Å². The fraction of sp³-hybridized carbons (Fsp3) is 0.438. The van der Waals surface area contributed by atoms with Gasteiger partial charge in [-0.1, -0.05) is 35.5 Å². The molecule has 0 spiro atoms. The van der Waals surface area contributed by atoms with E-state index in [9.17, 15) is 5.11 Å². The van der Waals surface area contributed by atoms with Gasteiger partial charge in [0.2, 0.25) is 0 Å². The molecule has 1 aromatic heterocycles. The summed E-state index contributed by atoms with van der Waals surface area (Å²) in [6.45, 7) is 0.875. The molecule has 0 bridgehead atoms. The van der Waals surface area contributed by atoms with Crippen LogP contribution in [0.2, 0.25) is 0 Å². The zero-order valence-electron chi connectivity index (χ0n) is 11.9. The van der Waals surface area contributed by atoms with E-state index in [0.717, 1.165) is 42.0 Å². The number of aliphatic hydroxyl groups excluding tert-OH is 1. The van der Waals surface area contributed by atoms with E-state index >= 15 is 0 Å². The first-order chi connectivity index (χ1) is 9.66. The maximum Gasteiger partial charge on any atom is 0.143 e. The molecule has 0 saturated carbocycles. The molecule has 4 heteroatoms. The van der Waals surface area contributed by atoms with Crippen LogP contribution in [0, 0.1) is 5.92 Å². The lowest BCUT2D eigenvalue weighted by Gasteiger charge is -2.29. The summed E-state index contributed by atoms with van der Waals surface area (Å²) in [5.41, 5.74) is 2.67. The highest BCUT2D eigenvalue weighted by molar-refractivity contribution is 5.64. The van der Waals surface area contributed by atoms with Crippen molar-refractivity contribution in [1.29, 1.82) is 0 Å². The van der Waals surface area contributed by atoms with Crippen LogP contribution in [0.5, 0.6) is 0 Å². The number of hydrogen-bond donors (Lipinski definition) is 1. The van der Waals surface area contributed by atoms with Gasteiger partial charge in [-0.3, -0.25) is 0 Å². The van der Waals surface area contributed by atoms with E-state index in [0.29, 0.717) is 0 Å². The fourth-order valence-corrected chi connectivity index (χ4v) is 2.99. The summed E-state index contributed by atoms with van der Waals surface area (Å²) in [6.07, 6.45) is 1.29. The lowest BCUT2D eigenvalue weighted by Crippen LogP contribution is -2.30. The number of fused-ring (bicyclic) bond motifs is 1. The molecule has 1 aromatic carbocycles.